The predicted molar refractivity (Wildman–Crippen MR) is 72.0 cm³/mol. The minimum atomic E-state index is -0.234. The Hall–Kier alpha value is -1.16. The van der Waals surface area contributed by atoms with E-state index in [0.29, 0.717) is 21.2 Å². The second-order valence-electron chi connectivity index (χ2n) is 3.04. The van der Waals surface area contributed by atoms with Gasteiger partial charge in [0, 0.05) is 18.8 Å². The molecule has 1 rings (SSSR count). The van der Waals surface area contributed by atoms with Crippen molar-refractivity contribution >= 4 is 46.9 Å². The summed E-state index contributed by atoms with van der Waals surface area (Å²) in [5.74, 6) is 0.430. The number of allylic oxidation sites excluding steroid dienone is 1. The molecular formula is C10H10ClN3OS2. The van der Waals surface area contributed by atoms with Crippen molar-refractivity contribution in [1.29, 1.82) is 5.26 Å². The van der Waals surface area contributed by atoms with Crippen molar-refractivity contribution in [3.8, 4) is 6.07 Å². The molecule has 0 radical (unpaired) electrons. The number of thiazole rings is 1. The first kappa shape index (κ1) is 13.9. The molecule has 1 N–H and O–H groups in total. The fourth-order valence-electron chi connectivity index (χ4n) is 1.18. The van der Waals surface area contributed by atoms with Crippen molar-refractivity contribution in [2.75, 3.05) is 11.2 Å². The molecule has 0 saturated heterocycles. The Balaban J connectivity index is 3.11. The van der Waals surface area contributed by atoms with Crippen molar-refractivity contribution in [2.24, 2.45) is 0 Å². The molecule has 0 aliphatic rings. The molecule has 4 nitrogen and oxygen atoms in total. The largest absolute Gasteiger partial charge is 0.310 e. The second kappa shape index (κ2) is 6.55. The number of carbonyl (C=O) groups is 1. The van der Waals surface area contributed by atoms with Crippen LogP contribution in [0.5, 0.6) is 0 Å². The van der Waals surface area contributed by atoms with E-state index in [-0.39, 0.29) is 18.2 Å². The molecule has 0 aliphatic carbocycles. The molecule has 0 fully saturated rings. The summed E-state index contributed by atoms with van der Waals surface area (Å²) in [6, 6.07) is 2.01. The number of alkyl halides is 1. The Morgan fingerprint density at radius 2 is 2.47 bits per heavy atom. The van der Waals surface area contributed by atoms with Crippen molar-refractivity contribution in [3.63, 3.8) is 0 Å². The minimum absolute atomic E-state index is 0.198. The van der Waals surface area contributed by atoms with E-state index in [9.17, 15) is 4.79 Å². The lowest BCUT2D eigenvalue weighted by atomic mass is 10.4. The molecule has 0 atom stereocenters. The molecule has 1 aromatic heterocycles. The van der Waals surface area contributed by atoms with E-state index in [0.717, 1.165) is 11.3 Å². The number of rotatable bonds is 5. The quantitative estimate of drug-likeness (QED) is 0.515. The van der Waals surface area contributed by atoms with Crippen molar-refractivity contribution in [2.45, 2.75) is 13.0 Å². The maximum Gasteiger partial charge on any atom is 0.226 e. The van der Waals surface area contributed by atoms with Crippen LogP contribution in [-0.2, 0) is 11.3 Å². The molecule has 1 heterocycles. The second-order valence-corrected chi connectivity index (χ2v) is 5.07. The number of nitriles is 1. The van der Waals surface area contributed by atoms with Gasteiger partial charge in [0.2, 0.25) is 5.91 Å². The van der Waals surface area contributed by atoms with Gasteiger partial charge in [-0.1, -0.05) is 17.4 Å². The number of hydrogen-bond acceptors (Lipinski definition) is 4. The smallest absolute Gasteiger partial charge is 0.226 e. The van der Waals surface area contributed by atoms with E-state index in [1.165, 1.54) is 0 Å². The van der Waals surface area contributed by atoms with Gasteiger partial charge < -0.3 is 9.88 Å². The van der Waals surface area contributed by atoms with E-state index in [4.69, 9.17) is 29.1 Å². The Morgan fingerprint density at radius 1 is 1.76 bits per heavy atom. The third-order valence-corrected chi connectivity index (χ3v) is 3.43. The van der Waals surface area contributed by atoms with Gasteiger partial charge in [0.1, 0.15) is 16.8 Å². The van der Waals surface area contributed by atoms with E-state index in [1.54, 1.807) is 10.6 Å². The lowest BCUT2D eigenvalue weighted by Crippen LogP contribution is -2.15. The molecule has 0 bridgehead atoms. The number of amides is 1. The fourth-order valence-corrected chi connectivity index (χ4v) is 2.52. The van der Waals surface area contributed by atoms with E-state index in [2.05, 4.69) is 11.9 Å². The maximum atomic E-state index is 11.5. The van der Waals surface area contributed by atoms with E-state index in [1.807, 2.05) is 6.07 Å². The zero-order valence-electron chi connectivity index (χ0n) is 8.90. The van der Waals surface area contributed by atoms with Gasteiger partial charge in [0.15, 0.2) is 3.95 Å². The van der Waals surface area contributed by atoms with Crippen molar-refractivity contribution in [1.82, 2.24) is 4.57 Å². The SMILES string of the molecule is C=CCn1c(NC(=O)CCCl)c(C#N)sc1=S. The van der Waals surface area contributed by atoms with E-state index < -0.39 is 0 Å². The van der Waals surface area contributed by atoms with Crippen LogP contribution >= 0.6 is 35.2 Å². The Kier molecular flexibility index (Phi) is 5.35. The molecule has 17 heavy (non-hydrogen) atoms. The summed E-state index contributed by atoms with van der Waals surface area (Å²) in [7, 11) is 0. The molecule has 0 unspecified atom stereocenters. The summed E-state index contributed by atoms with van der Waals surface area (Å²) in [6.45, 7) is 4.06. The van der Waals surface area contributed by atoms with Crippen LogP contribution < -0.4 is 5.32 Å². The first-order valence-corrected chi connectivity index (χ1v) is 6.50. The molecule has 1 aromatic rings. The topological polar surface area (TPSA) is 57.8 Å². The highest BCUT2D eigenvalue weighted by Gasteiger charge is 2.14. The highest BCUT2D eigenvalue weighted by molar-refractivity contribution is 7.73. The molecule has 7 heteroatoms. The third-order valence-electron chi connectivity index (χ3n) is 1.89. The van der Waals surface area contributed by atoms with E-state index >= 15 is 0 Å². The average Bonchev–Trinajstić information content (AvgIpc) is 2.58. The van der Waals surface area contributed by atoms with Crippen LogP contribution in [0.3, 0.4) is 0 Å². The first-order valence-electron chi connectivity index (χ1n) is 4.74. The molecule has 0 saturated carbocycles. The number of aromatic nitrogens is 1. The normalized spacial score (nSPS) is 9.65. The Labute approximate surface area is 113 Å². The standard InChI is InChI=1S/C10H10ClN3OS2/c1-2-5-14-9(13-8(15)3-4-11)7(6-12)17-10(14)16/h2H,1,3-5H2,(H,13,15). The average molecular weight is 288 g/mol. The van der Waals surface area contributed by atoms with Crippen LogP contribution in [0.2, 0.25) is 0 Å². The van der Waals surface area contributed by atoms with Gasteiger partial charge in [-0.2, -0.15) is 5.26 Å². The maximum absolute atomic E-state index is 11.5. The Bertz CT molecular complexity index is 527. The summed E-state index contributed by atoms with van der Waals surface area (Å²) in [6.07, 6.45) is 1.85. The summed E-state index contributed by atoms with van der Waals surface area (Å²) < 4.78 is 2.19. The van der Waals surface area contributed by atoms with Gasteiger partial charge in [0.05, 0.1) is 0 Å². The number of hydrogen-bond donors (Lipinski definition) is 1. The highest BCUT2D eigenvalue weighted by Crippen LogP contribution is 2.24. The number of halogens is 1. The highest BCUT2D eigenvalue weighted by atomic mass is 35.5. The molecular weight excluding hydrogens is 278 g/mol. The molecule has 0 spiro atoms. The van der Waals surface area contributed by atoms with Crippen LogP contribution in [-0.4, -0.2) is 16.4 Å². The molecule has 90 valence electrons. The summed E-state index contributed by atoms with van der Waals surface area (Å²) in [5.41, 5.74) is 0. The summed E-state index contributed by atoms with van der Waals surface area (Å²) in [4.78, 5) is 11.9. The molecule has 0 aromatic carbocycles. The molecule has 0 aliphatic heterocycles. The van der Waals surface area contributed by atoms with Gasteiger partial charge in [0.25, 0.3) is 0 Å². The molecule has 1 amide bonds. The number of carbonyl (C=O) groups excluding carboxylic acids is 1. The number of anilines is 1. The predicted octanol–water partition coefficient (Wildman–Crippen LogP) is 2.90. The number of nitrogens with one attached hydrogen (secondary N) is 1. The van der Waals surface area contributed by atoms with Gasteiger partial charge >= 0.3 is 0 Å². The Morgan fingerprint density at radius 3 is 3.00 bits per heavy atom. The lowest BCUT2D eigenvalue weighted by Gasteiger charge is -2.07. The van der Waals surface area contributed by atoms with Crippen molar-refractivity contribution in [3.05, 3.63) is 21.5 Å². The van der Waals surface area contributed by atoms with Crippen LogP contribution in [0.1, 0.15) is 11.3 Å². The van der Waals surface area contributed by atoms with Crippen molar-refractivity contribution < 1.29 is 4.79 Å². The van der Waals surface area contributed by atoms with Crippen LogP contribution in [0, 0.1) is 15.3 Å². The van der Waals surface area contributed by atoms with Crippen LogP contribution in [0.25, 0.3) is 0 Å². The zero-order chi connectivity index (χ0) is 12.8. The van der Waals surface area contributed by atoms with Gasteiger partial charge in [-0.15, -0.1) is 18.2 Å². The lowest BCUT2D eigenvalue weighted by molar-refractivity contribution is -0.115. The number of nitrogens with zero attached hydrogens (tertiary/aromatic N) is 2. The monoisotopic (exact) mass is 287 g/mol. The van der Waals surface area contributed by atoms with Gasteiger partial charge in [-0.25, -0.2) is 0 Å². The summed E-state index contributed by atoms with van der Waals surface area (Å²) >= 11 is 11.8. The van der Waals surface area contributed by atoms with Crippen LogP contribution in [0.15, 0.2) is 12.7 Å². The third kappa shape index (κ3) is 3.40. The minimum Gasteiger partial charge on any atom is -0.310 e. The van der Waals surface area contributed by atoms with Gasteiger partial charge in [-0.3, -0.25) is 4.79 Å². The zero-order valence-corrected chi connectivity index (χ0v) is 11.3. The first-order chi connectivity index (χ1) is 8.13. The fraction of sp³-hybridized carbons (Fsp3) is 0.300. The van der Waals surface area contributed by atoms with Crippen LogP contribution in [0.4, 0.5) is 5.82 Å². The van der Waals surface area contributed by atoms with Gasteiger partial charge in [-0.05, 0) is 12.2 Å². The summed E-state index contributed by atoms with van der Waals surface area (Å²) in [5, 5.41) is 11.6.